The van der Waals surface area contributed by atoms with Crippen molar-refractivity contribution in [2.45, 2.75) is 13.8 Å². The first kappa shape index (κ1) is 22.4. The van der Waals surface area contributed by atoms with Gasteiger partial charge in [0.25, 0.3) is 0 Å². The smallest absolute Gasteiger partial charge is 0.357 e. The number of carbonyl (C=O) groups excluding carboxylic acids is 2. The number of thiazole rings is 2. The molecule has 4 heterocycles. The van der Waals surface area contributed by atoms with Crippen molar-refractivity contribution < 1.29 is 28.5 Å². The third-order valence-electron chi connectivity index (χ3n) is 4.55. The molecule has 0 amide bonds. The Labute approximate surface area is 191 Å². The van der Waals surface area contributed by atoms with E-state index in [2.05, 4.69) is 9.97 Å². The summed E-state index contributed by atoms with van der Waals surface area (Å²) in [7, 11) is 0. The fourth-order valence-electron chi connectivity index (χ4n) is 3.13. The molecule has 10 nitrogen and oxygen atoms in total. The van der Waals surface area contributed by atoms with Gasteiger partial charge in [-0.05, 0) is 13.8 Å². The number of aromatic nitrogens is 4. The molecule has 0 saturated heterocycles. The van der Waals surface area contributed by atoms with Gasteiger partial charge in [0.1, 0.15) is 13.2 Å². The van der Waals surface area contributed by atoms with Crippen molar-refractivity contribution in [3.63, 3.8) is 0 Å². The highest BCUT2D eigenvalue weighted by Crippen LogP contribution is 2.18. The lowest BCUT2D eigenvalue weighted by Crippen LogP contribution is -2.16. The summed E-state index contributed by atoms with van der Waals surface area (Å²) in [5, 5.41) is 3.73. The second kappa shape index (κ2) is 10.2. The molecule has 0 radical (unpaired) electrons. The number of aryl methyl sites for hydroxylation is 2. The van der Waals surface area contributed by atoms with Crippen LogP contribution in [-0.4, -0.2) is 70.3 Å². The molecule has 4 aromatic heterocycles. The quantitative estimate of drug-likeness (QED) is 0.239. The summed E-state index contributed by atoms with van der Waals surface area (Å²) in [4.78, 5) is 34.7. The van der Waals surface area contributed by atoms with Gasteiger partial charge in [0.05, 0.1) is 37.8 Å². The molecule has 0 aliphatic carbocycles. The zero-order valence-electron chi connectivity index (χ0n) is 17.6. The molecular weight excluding hydrogens is 456 g/mol. The molecule has 0 aliphatic rings. The summed E-state index contributed by atoms with van der Waals surface area (Å²) in [5.74, 6) is -0.855. The van der Waals surface area contributed by atoms with Gasteiger partial charge in [-0.3, -0.25) is 8.80 Å². The van der Waals surface area contributed by atoms with Gasteiger partial charge < -0.3 is 18.9 Å². The first-order valence-corrected chi connectivity index (χ1v) is 11.7. The van der Waals surface area contributed by atoms with Crippen LogP contribution in [-0.2, 0) is 18.9 Å². The molecule has 4 rings (SSSR count). The Kier molecular flexibility index (Phi) is 7.15. The molecule has 0 spiro atoms. The number of rotatable bonds is 11. The van der Waals surface area contributed by atoms with E-state index in [0.29, 0.717) is 36.0 Å². The summed E-state index contributed by atoms with van der Waals surface area (Å²) < 4.78 is 24.8. The van der Waals surface area contributed by atoms with Gasteiger partial charge in [-0.25, -0.2) is 19.6 Å². The molecule has 0 N–H and O–H groups in total. The van der Waals surface area contributed by atoms with Crippen LogP contribution in [0.5, 0.6) is 0 Å². The number of ether oxygens (including phenoxy) is 4. The highest BCUT2D eigenvalue weighted by atomic mass is 32.1. The van der Waals surface area contributed by atoms with E-state index in [1.165, 1.54) is 22.7 Å². The Balaban J connectivity index is 1.06. The van der Waals surface area contributed by atoms with E-state index < -0.39 is 11.9 Å². The molecule has 0 unspecified atom stereocenters. The van der Waals surface area contributed by atoms with Crippen molar-refractivity contribution >= 4 is 44.5 Å². The third-order valence-corrected chi connectivity index (χ3v) is 6.07. The van der Waals surface area contributed by atoms with Crippen molar-refractivity contribution in [2.24, 2.45) is 0 Å². The molecule has 0 atom stereocenters. The number of hydrogen-bond donors (Lipinski definition) is 0. The third kappa shape index (κ3) is 4.83. The minimum atomic E-state index is -0.428. The van der Waals surface area contributed by atoms with Crippen LogP contribution in [0.4, 0.5) is 0 Å². The van der Waals surface area contributed by atoms with Crippen LogP contribution in [0.25, 0.3) is 9.92 Å². The summed E-state index contributed by atoms with van der Waals surface area (Å²) in [5.41, 5.74) is 2.15. The number of hydrogen-bond acceptors (Lipinski definition) is 10. The highest BCUT2D eigenvalue weighted by molar-refractivity contribution is 7.15. The van der Waals surface area contributed by atoms with Crippen molar-refractivity contribution in [2.75, 3.05) is 39.6 Å². The molecule has 0 saturated carbocycles. The largest absolute Gasteiger partial charge is 0.459 e. The van der Waals surface area contributed by atoms with Crippen LogP contribution in [0.1, 0.15) is 32.4 Å². The fourth-order valence-corrected chi connectivity index (χ4v) is 4.64. The predicted octanol–water partition coefficient (Wildman–Crippen LogP) is 2.77. The van der Waals surface area contributed by atoms with Crippen LogP contribution < -0.4 is 0 Å². The van der Waals surface area contributed by atoms with Crippen molar-refractivity contribution in [1.29, 1.82) is 0 Å². The first-order chi connectivity index (χ1) is 15.6. The van der Waals surface area contributed by atoms with Gasteiger partial charge in [-0.15, -0.1) is 22.7 Å². The Bertz CT molecular complexity index is 1130. The Hall–Kier alpha value is -2.80. The van der Waals surface area contributed by atoms with Crippen LogP contribution in [0.15, 0.2) is 23.2 Å². The van der Waals surface area contributed by atoms with Gasteiger partial charge in [-0.1, -0.05) is 0 Å². The van der Waals surface area contributed by atoms with E-state index in [9.17, 15) is 9.59 Å². The maximum atomic E-state index is 12.3. The van der Waals surface area contributed by atoms with E-state index >= 15 is 0 Å². The Morgan fingerprint density at radius 3 is 1.59 bits per heavy atom. The van der Waals surface area contributed by atoms with E-state index in [1.54, 1.807) is 35.0 Å². The predicted molar refractivity (Wildman–Crippen MR) is 118 cm³/mol. The lowest BCUT2D eigenvalue weighted by Gasteiger charge is -2.08. The average molecular weight is 479 g/mol. The van der Waals surface area contributed by atoms with Crippen LogP contribution in [0.3, 0.4) is 0 Å². The zero-order valence-corrected chi connectivity index (χ0v) is 19.2. The van der Waals surface area contributed by atoms with Crippen molar-refractivity contribution in [1.82, 2.24) is 18.8 Å². The number of imidazole rings is 2. The van der Waals surface area contributed by atoms with Gasteiger partial charge >= 0.3 is 11.9 Å². The second-order valence-corrected chi connectivity index (χ2v) is 8.45. The minimum Gasteiger partial charge on any atom is -0.459 e. The number of fused-ring (bicyclic) bond motifs is 2. The number of esters is 2. The van der Waals surface area contributed by atoms with Gasteiger partial charge in [0.2, 0.25) is 0 Å². The van der Waals surface area contributed by atoms with E-state index in [1.807, 2.05) is 10.8 Å². The average Bonchev–Trinajstić information content (AvgIpc) is 3.50. The van der Waals surface area contributed by atoms with E-state index in [-0.39, 0.29) is 26.4 Å². The Morgan fingerprint density at radius 2 is 1.16 bits per heavy atom. The standard InChI is InChI=1S/C20H22N4O6S2/c1-13-15(23-3-11-31-19(23)21-13)17(25)29-9-7-27-5-6-28-8-10-30-18(26)16-14(2)22-20-24(16)4-12-32-20/h3-4,11-12H,5-10H2,1-2H3. The molecule has 12 heteroatoms. The van der Waals surface area contributed by atoms with Gasteiger partial charge in [0, 0.05) is 23.2 Å². The summed E-state index contributed by atoms with van der Waals surface area (Å²) in [6.07, 6.45) is 3.59. The Morgan fingerprint density at radius 1 is 0.750 bits per heavy atom. The molecule has 0 aliphatic heterocycles. The molecular formula is C20H22N4O6S2. The lowest BCUT2D eigenvalue weighted by atomic mass is 10.3. The minimum absolute atomic E-state index is 0.134. The van der Waals surface area contributed by atoms with Crippen LogP contribution in [0, 0.1) is 13.8 Å². The first-order valence-electron chi connectivity index (χ1n) is 9.90. The number of carbonyl (C=O) groups is 2. The van der Waals surface area contributed by atoms with Gasteiger partial charge in [0.15, 0.2) is 21.3 Å². The molecule has 170 valence electrons. The normalized spacial score (nSPS) is 11.4. The molecule has 0 bridgehead atoms. The van der Waals surface area contributed by atoms with Crippen LogP contribution >= 0.6 is 22.7 Å². The lowest BCUT2D eigenvalue weighted by molar-refractivity contribution is 0.00188. The highest BCUT2D eigenvalue weighted by Gasteiger charge is 2.19. The van der Waals surface area contributed by atoms with Crippen molar-refractivity contribution in [3.8, 4) is 0 Å². The zero-order chi connectivity index (χ0) is 22.5. The molecule has 0 fully saturated rings. The fraction of sp³-hybridized carbons (Fsp3) is 0.400. The summed E-state index contributed by atoms with van der Waals surface area (Å²) in [6.45, 7) is 5.01. The maximum absolute atomic E-state index is 12.3. The maximum Gasteiger partial charge on any atom is 0.357 e. The summed E-state index contributed by atoms with van der Waals surface area (Å²) in [6, 6.07) is 0. The van der Waals surface area contributed by atoms with Crippen molar-refractivity contribution in [3.05, 3.63) is 45.9 Å². The number of nitrogens with zero attached hydrogens (tertiary/aromatic N) is 4. The monoisotopic (exact) mass is 478 g/mol. The van der Waals surface area contributed by atoms with Crippen LogP contribution in [0.2, 0.25) is 0 Å². The second-order valence-electron chi connectivity index (χ2n) is 6.70. The SMILES string of the molecule is Cc1nc2sccn2c1C(=O)OCCOCCOCCOC(=O)c1c(C)nc2sccn12. The topological polar surface area (TPSA) is 106 Å². The molecule has 0 aromatic carbocycles. The molecule has 4 aromatic rings. The van der Waals surface area contributed by atoms with Gasteiger partial charge in [-0.2, -0.15) is 0 Å². The summed E-state index contributed by atoms with van der Waals surface area (Å²) >= 11 is 2.92. The van der Waals surface area contributed by atoms with E-state index in [4.69, 9.17) is 18.9 Å². The van der Waals surface area contributed by atoms with E-state index in [0.717, 1.165) is 9.92 Å². The molecule has 32 heavy (non-hydrogen) atoms.